The highest BCUT2D eigenvalue weighted by atomic mass is 16.5. The third-order valence-corrected chi connectivity index (χ3v) is 13.7. The molecule has 0 unspecified atom stereocenters. The Bertz CT molecular complexity index is 2760. The molecular weight excluding hydrogens is 825 g/mol. The van der Waals surface area contributed by atoms with Crippen molar-refractivity contribution in [2.75, 3.05) is 33.4 Å². The fourth-order valence-electron chi connectivity index (χ4n) is 10.4. The molecule has 15 nitrogen and oxygen atoms in total. The van der Waals surface area contributed by atoms with Crippen LogP contribution in [0.15, 0.2) is 91.1 Å². The Morgan fingerprint density at radius 2 is 1.45 bits per heavy atom. The van der Waals surface area contributed by atoms with Crippen LogP contribution in [0, 0.1) is 5.92 Å². The number of carbonyl (C=O) groups excluding carboxylic acids is 3. The Morgan fingerprint density at radius 1 is 0.769 bits per heavy atom. The molecule has 15 heteroatoms. The summed E-state index contributed by atoms with van der Waals surface area (Å²) in [6.45, 7) is 2.15. The van der Waals surface area contributed by atoms with Crippen molar-refractivity contribution in [1.82, 2.24) is 40.4 Å². The lowest BCUT2D eigenvalue weighted by Gasteiger charge is -2.33. The van der Waals surface area contributed by atoms with Crippen LogP contribution in [0.5, 0.6) is 0 Å². The predicted molar refractivity (Wildman–Crippen MR) is 243 cm³/mol. The molecular formula is C50H52N8O7. The number of H-pyrrole nitrogens is 2. The first-order valence-electron chi connectivity index (χ1n) is 22.6. The molecule has 65 heavy (non-hydrogen) atoms. The molecule has 334 valence electrons. The summed E-state index contributed by atoms with van der Waals surface area (Å²) in [5, 5.41) is 17.1. The van der Waals surface area contributed by atoms with E-state index >= 15 is 0 Å². The van der Waals surface area contributed by atoms with E-state index in [9.17, 15) is 24.3 Å². The number of carbonyl (C=O) groups is 4. The lowest BCUT2D eigenvalue weighted by molar-refractivity contribution is -0.137. The summed E-state index contributed by atoms with van der Waals surface area (Å²) < 4.78 is 10.3. The van der Waals surface area contributed by atoms with Gasteiger partial charge in [-0.2, -0.15) is 0 Å². The van der Waals surface area contributed by atoms with Crippen molar-refractivity contribution in [3.63, 3.8) is 0 Å². The molecule has 0 radical (unpaired) electrons. The number of imidazole rings is 2. The molecule has 4 atom stereocenters. The van der Waals surface area contributed by atoms with E-state index in [4.69, 9.17) is 19.4 Å². The number of benzene rings is 4. The van der Waals surface area contributed by atoms with Gasteiger partial charge in [-0.25, -0.2) is 19.6 Å². The average molecular weight is 877 g/mol. The molecule has 0 saturated carbocycles. The molecule has 1 aliphatic carbocycles. The van der Waals surface area contributed by atoms with Crippen LogP contribution in [-0.4, -0.2) is 98.3 Å². The minimum absolute atomic E-state index is 0.106. The Balaban J connectivity index is 0.842. The second kappa shape index (κ2) is 17.9. The van der Waals surface area contributed by atoms with Crippen molar-refractivity contribution in [3.8, 4) is 33.6 Å². The van der Waals surface area contributed by atoms with Crippen molar-refractivity contribution < 1.29 is 33.8 Å². The Morgan fingerprint density at radius 3 is 2.18 bits per heavy atom. The number of likely N-dealkylation sites (tertiary alicyclic amines) is 2. The Kier molecular flexibility index (Phi) is 11.5. The number of aryl methyl sites for hydroxylation is 2. The first-order chi connectivity index (χ1) is 31.7. The molecule has 5 N–H and O–H groups in total. The Hall–Kier alpha value is -7.00. The van der Waals surface area contributed by atoms with Crippen LogP contribution >= 0.6 is 0 Å². The molecule has 4 aliphatic rings. The second-order valence-corrected chi connectivity index (χ2v) is 17.5. The van der Waals surface area contributed by atoms with Gasteiger partial charge in [0.15, 0.2) is 0 Å². The molecule has 10 rings (SSSR count). The van der Waals surface area contributed by atoms with E-state index in [1.54, 1.807) is 4.90 Å². The average Bonchev–Trinajstić information content (AvgIpc) is 4.19. The summed E-state index contributed by atoms with van der Waals surface area (Å²) >= 11 is 0. The number of nitrogens with one attached hydrogen (secondary N) is 4. The maximum atomic E-state index is 14.0. The molecule has 5 heterocycles. The minimum Gasteiger partial charge on any atom is -0.465 e. The number of fused-ring (bicyclic) bond motifs is 4. The maximum absolute atomic E-state index is 14.0. The number of amides is 4. The molecule has 4 aromatic carbocycles. The van der Waals surface area contributed by atoms with E-state index in [-0.39, 0.29) is 29.8 Å². The minimum atomic E-state index is -1.19. The van der Waals surface area contributed by atoms with Gasteiger partial charge in [0.2, 0.25) is 5.91 Å². The lowest BCUT2D eigenvalue weighted by atomic mass is 9.89. The second-order valence-electron chi connectivity index (χ2n) is 17.5. The van der Waals surface area contributed by atoms with Gasteiger partial charge in [-0.1, -0.05) is 72.8 Å². The number of hydrogen-bond acceptors (Lipinski definition) is 8. The van der Waals surface area contributed by atoms with Crippen LogP contribution in [-0.2, 0) is 31.9 Å². The molecule has 4 amide bonds. The van der Waals surface area contributed by atoms with E-state index in [0.717, 1.165) is 94.5 Å². The summed E-state index contributed by atoms with van der Waals surface area (Å²) in [4.78, 5) is 72.6. The molecule has 2 aromatic heterocycles. The van der Waals surface area contributed by atoms with E-state index < -0.39 is 24.3 Å². The number of methoxy groups -OCH3 is 1. The monoisotopic (exact) mass is 876 g/mol. The number of hydrogen-bond donors (Lipinski definition) is 5. The first-order valence-corrected chi connectivity index (χ1v) is 22.6. The van der Waals surface area contributed by atoms with Gasteiger partial charge in [0.05, 0.1) is 42.5 Å². The molecule has 3 aliphatic heterocycles. The summed E-state index contributed by atoms with van der Waals surface area (Å²) in [7, 11) is 1.28. The van der Waals surface area contributed by atoms with Crippen LogP contribution in [0.2, 0.25) is 0 Å². The third-order valence-electron chi connectivity index (χ3n) is 13.7. The van der Waals surface area contributed by atoms with Crippen LogP contribution in [0.1, 0.15) is 85.1 Å². The van der Waals surface area contributed by atoms with Gasteiger partial charge in [0.25, 0.3) is 5.91 Å². The van der Waals surface area contributed by atoms with Crippen molar-refractivity contribution in [2.45, 2.75) is 75.5 Å². The molecule has 0 bridgehead atoms. The van der Waals surface area contributed by atoms with Crippen molar-refractivity contribution in [3.05, 3.63) is 120 Å². The molecule has 0 spiro atoms. The zero-order valence-electron chi connectivity index (χ0n) is 36.2. The smallest absolute Gasteiger partial charge is 0.407 e. The zero-order valence-corrected chi connectivity index (χ0v) is 36.2. The van der Waals surface area contributed by atoms with E-state index in [1.807, 2.05) is 41.4 Å². The fourth-order valence-corrected chi connectivity index (χ4v) is 10.4. The number of nitrogens with zero attached hydrogens (tertiary/aromatic N) is 4. The van der Waals surface area contributed by atoms with Crippen LogP contribution in [0.25, 0.3) is 44.4 Å². The number of aromatic nitrogens is 4. The zero-order chi connectivity index (χ0) is 44.6. The lowest BCUT2D eigenvalue weighted by Crippen LogP contribution is -2.52. The number of alkyl carbamates (subject to hydrolysis) is 1. The van der Waals surface area contributed by atoms with Crippen molar-refractivity contribution in [2.24, 2.45) is 5.92 Å². The standard InChI is InChI=1S/C50H52N8O7/c1-64-50(63)56-43(29-7-3-2-4-8-29)48(60)57-21-5-9-40(57)45-51-28-39(53-45)36-14-13-32-25-31(11-12-33(32)27-36)34-15-17-37-35(26-34)16-18-38-44(37)54-46(52-38)41-10-6-22-58(41)47(59)42(55-49(61)62)30-19-23-65-24-20-30/h2-4,7-8,11-15,17,25-28,30,40-43,55H,5-6,9-10,16,18-24H2,1H3,(H,51,53)(H,52,54)(H,56,63)(H,61,62)/t40-,41-,42-,43+/m0/s1. The highest BCUT2D eigenvalue weighted by molar-refractivity contribution is 5.91. The van der Waals surface area contributed by atoms with Crippen LogP contribution < -0.4 is 10.6 Å². The highest BCUT2D eigenvalue weighted by Gasteiger charge is 2.41. The SMILES string of the molecule is COC(=O)N[C@@H](C(=O)N1CCC[C@H]1c1ncc(-c2ccc3cc(-c4ccc5c(c4)CCc4nc([C@@H]6CCCN6C(=O)[C@@H](NC(=O)O)C6CCOCC6)[nH]c4-5)ccc3c2)[nH]1)c1ccccc1. The summed E-state index contributed by atoms with van der Waals surface area (Å²) in [6, 6.07) is 26.5. The highest BCUT2D eigenvalue weighted by Crippen LogP contribution is 2.40. The summed E-state index contributed by atoms with van der Waals surface area (Å²) in [6.07, 6.45) is 6.02. The van der Waals surface area contributed by atoms with Crippen molar-refractivity contribution in [1.29, 1.82) is 0 Å². The largest absolute Gasteiger partial charge is 0.465 e. The van der Waals surface area contributed by atoms with E-state index in [2.05, 4.69) is 75.2 Å². The quantitative estimate of drug-likeness (QED) is 0.0910. The first kappa shape index (κ1) is 42.0. The number of carboxylic acid groups (broad SMARTS) is 1. The van der Waals surface area contributed by atoms with E-state index in [0.29, 0.717) is 50.5 Å². The van der Waals surface area contributed by atoms with E-state index in [1.165, 1.54) is 12.7 Å². The van der Waals surface area contributed by atoms with Crippen LogP contribution in [0.3, 0.4) is 0 Å². The van der Waals surface area contributed by atoms with Crippen LogP contribution in [0.4, 0.5) is 9.59 Å². The number of aromatic amines is 2. The molecule has 6 aromatic rings. The number of ether oxygens (including phenoxy) is 2. The van der Waals surface area contributed by atoms with Gasteiger partial charge in [0, 0.05) is 37.4 Å². The van der Waals surface area contributed by atoms with Gasteiger partial charge in [-0.05, 0) is 102 Å². The summed E-state index contributed by atoms with van der Waals surface area (Å²) in [5.74, 6) is 0.965. The Labute approximate surface area is 375 Å². The van der Waals surface area contributed by atoms with Gasteiger partial charge in [0.1, 0.15) is 23.7 Å². The maximum Gasteiger partial charge on any atom is 0.407 e. The van der Waals surface area contributed by atoms with Crippen molar-refractivity contribution >= 4 is 34.8 Å². The summed E-state index contributed by atoms with van der Waals surface area (Å²) in [5.41, 5.74) is 9.09. The predicted octanol–water partition coefficient (Wildman–Crippen LogP) is 7.87. The number of rotatable bonds is 10. The van der Waals surface area contributed by atoms with Gasteiger partial charge < -0.3 is 45.0 Å². The van der Waals surface area contributed by atoms with Gasteiger partial charge >= 0.3 is 12.2 Å². The fraction of sp³-hybridized carbons (Fsp3) is 0.360. The topological polar surface area (TPSA) is 195 Å². The third kappa shape index (κ3) is 8.32. The molecule has 3 fully saturated rings. The van der Waals surface area contributed by atoms with Gasteiger partial charge in [-0.3, -0.25) is 9.59 Å². The molecule has 3 saturated heterocycles. The van der Waals surface area contributed by atoms with Gasteiger partial charge in [-0.15, -0.1) is 0 Å². The normalized spacial score (nSPS) is 19.3.